The van der Waals surface area contributed by atoms with E-state index in [9.17, 15) is 0 Å². The average molecular weight is 316 g/mol. The summed E-state index contributed by atoms with van der Waals surface area (Å²) in [5, 5.41) is 12.1. The fraction of sp³-hybridized carbons (Fsp3) is 0.571. The van der Waals surface area contributed by atoms with Gasteiger partial charge in [-0.3, -0.25) is 0 Å². The number of aliphatic hydroxyl groups excluding tert-OH is 1. The number of benzene rings is 1. The number of hydrogen-bond acceptors (Lipinski definition) is 3. The third kappa shape index (κ3) is 5.96. The molecule has 0 aliphatic rings. The monoisotopic (exact) mass is 315 g/mol. The summed E-state index contributed by atoms with van der Waals surface area (Å²) in [5.74, 6) is 0. The Morgan fingerprint density at radius 1 is 1.39 bits per heavy atom. The maximum absolute atomic E-state index is 8.58. The second-order valence-electron chi connectivity index (χ2n) is 4.16. The van der Waals surface area contributed by atoms with Crippen LogP contribution in [0.15, 0.2) is 28.7 Å². The van der Waals surface area contributed by atoms with Crippen LogP contribution in [0.2, 0.25) is 0 Å². The number of aliphatic hydroxyl groups is 1. The van der Waals surface area contributed by atoms with Crippen LogP contribution in [0.25, 0.3) is 0 Å². The van der Waals surface area contributed by atoms with Crippen molar-refractivity contribution < 1.29 is 9.84 Å². The van der Waals surface area contributed by atoms with Crippen molar-refractivity contribution >= 4 is 15.9 Å². The van der Waals surface area contributed by atoms with Crippen LogP contribution in [0.1, 0.15) is 31.4 Å². The van der Waals surface area contributed by atoms with Gasteiger partial charge in [0, 0.05) is 17.1 Å². The van der Waals surface area contributed by atoms with Crippen molar-refractivity contribution in [3.8, 4) is 0 Å². The van der Waals surface area contributed by atoms with E-state index < -0.39 is 0 Å². The highest BCUT2D eigenvalue weighted by Crippen LogP contribution is 2.20. The van der Waals surface area contributed by atoms with E-state index in [1.54, 1.807) is 0 Å². The van der Waals surface area contributed by atoms with Gasteiger partial charge < -0.3 is 15.2 Å². The van der Waals surface area contributed by atoms with Crippen molar-refractivity contribution in [1.82, 2.24) is 5.32 Å². The second kappa shape index (κ2) is 9.50. The van der Waals surface area contributed by atoms with E-state index >= 15 is 0 Å². The second-order valence-corrected chi connectivity index (χ2v) is 5.08. The van der Waals surface area contributed by atoms with Gasteiger partial charge in [0.15, 0.2) is 0 Å². The molecule has 1 aromatic rings. The van der Waals surface area contributed by atoms with Crippen LogP contribution in [0.3, 0.4) is 0 Å². The maximum Gasteiger partial charge on any atom is 0.0697 e. The van der Waals surface area contributed by atoms with Crippen molar-refractivity contribution in [3.63, 3.8) is 0 Å². The largest absolute Gasteiger partial charge is 0.394 e. The topological polar surface area (TPSA) is 41.5 Å². The predicted octanol–water partition coefficient (Wildman–Crippen LogP) is 2.89. The molecule has 1 aromatic carbocycles. The van der Waals surface area contributed by atoms with Crippen LogP contribution < -0.4 is 5.32 Å². The minimum atomic E-state index is 0.100. The Balaban J connectivity index is 2.29. The summed E-state index contributed by atoms with van der Waals surface area (Å²) >= 11 is 3.50. The van der Waals surface area contributed by atoms with Crippen molar-refractivity contribution in [3.05, 3.63) is 34.3 Å². The van der Waals surface area contributed by atoms with Crippen molar-refractivity contribution in [2.45, 2.75) is 25.8 Å². The molecular weight excluding hydrogens is 294 g/mol. The van der Waals surface area contributed by atoms with Gasteiger partial charge in [0.05, 0.1) is 13.2 Å². The SMILES string of the molecule is CCC(NCCCOCCO)c1cccc(Br)c1. The van der Waals surface area contributed by atoms with Gasteiger partial charge in [-0.1, -0.05) is 35.0 Å². The predicted molar refractivity (Wildman–Crippen MR) is 77.7 cm³/mol. The lowest BCUT2D eigenvalue weighted by Crippen LogP contribution is -2.23. The van der Waals surface area contributed by atoms with Crippen LogP contribution in [0, 0.1) is 0 Å². The van der Waals surface area contributed by atoms with E-state index in [-0.39, 0.29) is 6.61 Å². The van der Waals surface area contributed by atoms with Crippen LogP contribution in [0.4, 0.5) is 0 Å². The average Bonchev–Trinajstić information content (AvgIpc) is 2.38. The molecule has 0 saturated carbocycles. The molecule has 0 aliphatic heterocycles. The number of nitrogens with one attached hydrogen (secondary N) is 1. The minimum absolute atomic E-state index is 0.100. The first-order chi connectivity index (χ1) is 8.77. The molecule has 0 saturated heterocycles. The molecular formula is C14H22BrNO2. The van der Waals surface area contributed by atoms with Gasteiger partial charge in [0.25, 0.3) is 0 Å². The molecule has 2 N–H and O–H groups in total. The Morgan fingerprint density at radius 3 is 2.89 bits per heavy atom. The zero-order valence-corrected chi connectivity index (χ0v) is 12.4. The van der Waals surface area contributed by atoms with Gasteiger partial charge in [0.2, 0.25) is 0 Å². The highest BCUT2D eigenvalue weighted by Gasteiger charge is 2.08. The molecule has 102 valence electrons. The summed E-state index contributed by atoms with van der Waals surface area (Å²) in [5.41, 5.74) is 1.31. The molecule has 0 radical (unpaired) electrons. The van der Waals surface area contributed by atoms with E-state index in [2.05, 4.69) is 46.4 Å². The van der Waals surface area contributed by atoms with Gasteiger partial charge in [0.1, 0.15) is 0 Å². The highest BCUT2D eigenvalue weighted by atomic mass is 79.9. The fourth-order valence-electron chi connectivity index (χ4n) is 1.84. The summed E-state index contributed by atoms with van der Waals surface area (Å²) in [4.78, 5) is 0. The first-order valence-corrected chi connectivity index (χ1v) is 7.24. The minimum Gasteiger partial charge on any atom is -0.394 e. The molecule has 0 aliphatic carbocycles. The number of hydrogen-bond donors (Lipinski definition) is 2. The standard InChI is InChI=1S/C14H22BrNO2/c1-2-14(12-5-3-6-13(15)11-12)16-7-4-9-18-10-8-17/h3,5-6,11,14,16-17H,2,4,7-10H2,1H3. The zero-order chi connectivity index (χ0) is 13.2. The molecule has 18 heavy (non-hydrogen) atoms. The van der Waals surface area contributed by atoms with E-state index in [0.29, 0.717) is 19.3 Å². The Morgan fingerprint density at radius 2 is 2.22 bits per heavy atom. The van der Waals surface area contributed by atoms with E-state index in [1.807, 2.05) is 6.07 Å². The third-order valence-corrected chi connectivity index (χ3v) is 3.24. The molecule has 0 heterocycles. The Bertz CT molecular complexity index is 333. The zero-order valence-electron chi connectivity index (χ0n) is 10.9. The summed E-state index contributed by atoms with van der Waals surface area (Å²) in [6, 6.07) is 8.80. The first-order valence-electron chi connectivity index (χ1n) is 6.45. The molecule has 1 rings (SSSR count). The Hall–Kier alpha value is -0.420. The van der Waals surface area contributed by atoms with Gasteiger partial charge in [-0.2, -0.15) is 0 Å². The molecule has 0 aromatic heterocycles. The summed E-state index contributed by atoms with van der Waals surface area (Å²) < 4.78 is 6.34. The van der Waals surface area contributed by atoms with Crippen molar-refractivity contribution in [2.75, 3.05) is 26.4 Å². The molecule has 4 heteroatoms. The van der Waals surface area contributed by atoms with Crippen LogP contribution in [0.5, 0.6) is 0 Å². The van der Waals surface area contributed by atoms with Gasteiger partial charge >= 0.3 is 0 Å². The van der Waals surface area contributed by atoms with E-state index in [1.165, 1.54) is 5.56 Å². The third-order valence-electron chi connectivity index (χ3n) is 2.75. The molecule has 1 atom stereocenters. The molecule has 3 nitrogen and oxygen atoms in total. The summed E-state index contributed by atoms with van der Waals surface area (Å²) in [6.45, 7) is 4.34. The number of ether oxygens (including phenoxy) is 1. The van der Waals surface area contributed by atoms with Gasteiger partial charge in [-0.05, 0) is 37.1 Å². The first kappa shape index (κ1) is 15.6. The summed E-state index contributed by atoms with van der Waals surface area (Å²) in [7, 11) is 0. The normalized spacial score (nSPS) is 12.6. The van der Waals surface area contributed by atoms with E-state index in [0.717, 1.165) is 23.9 Å². The number of rotatable bonds is 9. The lowest BCUT2D eigenvalue weighted by atomic mass is 10.0. The molecule has 0 fully saturated rings. The lowest BCUT2D eigenvalue weighted by molar-refractivity contribution is 0.0903. The number of halogens is 1. The van der Waals surface area contributed by atoms with Crippen LogP contribution >= 0.6 is 15.9 Å². The maximum atomic E-state index is 8.58. The molecule has 0 bridgehead atoms. The van der Waals surface area contributed by atoms with Crippen molar-refractivity contribution in [1.29, 1.82) is 0 Å². The Labute approximate surface area is 118 Å². The highest BCUT2D eigenvalue weighted by molar-refractivity contribution is 9.10. The van der Waals surface area contributed by atoms with Crippen LogP contribution in [-0.2, 0) is 4.74 Å². The van der Waals surface area contributed by atoms with Crippen LogP contribution in [-0.4, -0.2) is 31.5 Å². The quantitative estimate of drug-likeness (QED) is 0.688. The fourth-order valence-corrected chi connectivity index (χ4v) is 2.26. The molecule has 1 unspecified atom stereocenters. The molecule has 0 spiro atoms. The summed E-state index contributed by atoms with van der Waals surface area (Å²) in [6.07, 6.45) is 2.03. The van der Waals surface area contributed by atoms with E-state index in [4.69, 9.17) is 9.84 Å². The smallest absolute Gasteiger partial charge is 0.0697 e. The Kier molecular flexibility index (Phi) is 8.25. The van der Waals surface area contributed by atoms with Gasteiger partial charge in [-0.15, -0.1) is 0 Å². The van der Waals surface area contributed by atoms with Gasteiger partial charge in [-0.25, -0.2) is 0 Å². The van der Waals surface area contributed by atoms with Crippen molar-refractivity contribution in [2.24, 2.45) is 0 Å². The lowest BCUT2D eigenvalue weighted by Gasteiger charge is -2.17. The molecule has 0 amide bonds.